The van der Waals surface area contributed by atoms with Crippen LogP contribution < -0.4 is 0 Å². The van der Waals surface area contributed by atoms with Gasteiger partial charge in [-0.15, -0.1) is 0 Å². The Labute approximate surface area is 118 Å². The van der Waals surface area contributed by atoms with Crippen LogP contribution in [0.3, 0.4) is 0 Å². The van der Waals surface area contributed by atoms with Crippen LogP contribution in [0, 0.1) is 26.7 Å². The van der Waals surface area contributed by atoms with Crippen molar-refractivity contribution in [2.75, 3.05) is 6.61 Å². The molecule has 1 atom stereocenters. The van der Waals surface area contributed by atoms with E-state index in [1.807, 2.05) is 20.8 Å². The van der Waals surface area contributed by atoms with Gasteiger partial charge in [0.2, 0.25) is 0 Å². The molecular weight excluding hydrogens is 236 g/mol. The van der Waals surface area contributed by atoms with Crippen molar-refractivity contribution in [3.05, 3.63) is 23.3 Å². The molecule has 0 fully saturated rings. The zero-order valence-electron chi connectivity index (χ0n) is 13.2. The number of aryl methyl sites for hydroxylation is 3. The molecule has 1 rings (SSSR count). The van der Waals surface area contributed by atoms with E-state index in [1.54, 1.807) is 6.20 Å². The van der Waals surface area contributed by atoms with Crippen molar-refractivity contribution in [2.24, 2.45) is 5.92 Å². The smallest absolute Gasteiger partial charge is 0.0850 e. The Hall–Kier alpha value is -0.960. The third-order valence-corrected chi connectivity index (χ3v) is 3.34. The summed E-state index contributed by atoms with van der Waals surface area (Å²) in [6.45, 7) is 10.3. The molecule has 109 valence electrons. The first-order chi connectivity index (χ1) is 9.04. The van der Waals surface area contributed by atoms with E-state index in [0.29, 0.717) is 5.92 Å². The zero-order valence-corrected chi connectivity index (χ0v) is 13.2. The molecule has 1 heterocycles. The van der Waals surface area contributed by atoms with Crippen LogP contribution in [-0.4, -0.2) is 16.6 Å². The summed E-state index contributed by atoms with van der Waals surface area (Å²) in [5.41, 5.74) is 3.02. The predicted molar refractivity (Wildman–Crippen MR) is 79.7 cm³/mol. The van der Waals surface area contributed by atoms with Gasteiger partial charge >= 0.3 is 0 Å². The predicted octanol–water partition coefficient (Wildman–Crippen LogP) is 4.43. The summed E-state index contributed by atoms with van der Waals surface area (Å²) >= 11 is 0. The maximum absolute atomic E-state index is 10.5. The Bertz CT molecular complexity index is 336. The molecule has 19 heavy (non-hydrogen) atoms. The summed E-state index contributed by atoms with van der Waals surface area (Å²) in [6.07, 6.45) is 7.78. The molecule has 0 aromatic carbocycles. The van der Waals surface area contributed by atoms with Gasteiger partial charge in [0.1, 0.15) is 0 Å². The molecule has 1 aromatic heterocycles. The zero-order chi connectivity index (χ0) is 14.7. The minimum atomic E-state index is 0.125. The Balaban J connectivity index is 0.000000342. The van der Waals surface area contributed by atoms with Crippen LogP contribution >= 0.6 is 0 Å². The highest BCUT2D eigenvalue weighted by Gasteiger charge is 2.03. The van der Waals surface area contributed by atoms with Gasteiger partial charge in [0.05, 0.1) is 23.7 Å². The first-order valence-corrected chi connectivity index (χ1v) is 7.40. The van der Waals surface area contributed by atoms with Gasteiger partial charge in [-0.25, -0.2) is 5.11 Å². The molecule has 0 bridgehead atoms. The maximum atomic E-state index is 10.5. The van der Waals surface area contributed by atoms with Gasteiger partial charge in [0.25, 0.3) is 0 Å². The summed E-state index contributed by atoms with van der Waals surface area (Å²) in [6, 6.07) is 0. The Morgan fingerprint density at radius 1 is 1.11 bits per heavy atom. The average Bonchev–Trinajstić information content (AvgIpc) is 2.40. The molecule has 0 saturated carbocycles. The highest BCUT2D eigenvalue weighted by Crippen LogP contribution is 2.12. The molecule has 0 N–H and O–H groups in total. The topological polar surface area (TPSA) is 45.7 Å². The second kappa shape index (κ2) is 10.9. The van der Waals surface area contributed by atoms with E-state index in [9.17, 15) is 5.11 Å². The van der Waals surface area contributed by atoms with E-state index >= 15 is 0 Å². The van der Waals surface area contributed by atoms with E-state index in [-0.39, 0.29) is 6.61 Å². The van der Waals surface area contributed by atoms with Crippen molar-refractivity contribution < 1.29 is 5.11 Å². The summed E-state index contributed by atoms with van der Waals surface area (Å²) < 4.78 is 0. The lowest BCUT2D eigenvalue weighted by atomic mass is 10.00. The highest BCUT2D eigenvalue weighted by atomic mass is 16.3. The largest absolute Gasteiger partial charge is 0.258 e. The third-order valence-electron chi connectivity index (χ3n) is 3.34. The van der Waals surface area contributed by atoms with Crippen molar-refractivity contribution in [1.29, 1.82) is 0 Å². The fraction of sp³-hybridized carbons (Fsp3) is 0.750. The number of aromatic nitrogens is 2. The van der Waals surface area contributed by atoms with E-state index in [4.69, 9.17) is 0 Å². The average molecular weight is 265 g/mol. The molecule has 0 aliphatic heterocycles. The van der Waals surface area contributed by atoms with Gasteiger partial charge in [-0.1, -0.05) is 39.5 Å². The van der Waals surface area contributed by atoms with Gasteiger partial charge in [0.15, 0.2) is 0 Å². The fourth-order valence-electron chi connectivity index (χ4n) is 1.75. The van der Waals surface area contributed by atoms with E-state index in [0.717, 1.165) is 29.9 Å². The molecule has 0 aliphatic carbocycles. The van der Waals surface area contributed by atoms with Crippen molar-refractivity contribution >= 4 is 0 Å². The molecular formula is C16H29N2O. The lowest BCUT2D eigenvalue weighted by molar-refractivity contribution is 0.135. The molecule has 0 spiro atoms. The summed E-state index contributed by atoms with van der Waals surface area (Å²) in [5.74, 6) is 0.451. The number of nitrogens with zero attached hydrogens (tertiary/aromatic N) is 2. The molecule has 3 heteroatoms. The van der Waals surface area contributed by atoms with Crippen LogP contribution in [-0.2, 0) is 5.11 Å². The fourth-order valence-corrected chi connectivity index (χ4v) is 1.75. The number of rotatable bonds is 6. The van der Waals surface area contributed by atoms with Gasteiger partial charge in [-0.3, -0.25) is 9.97 Å². The van der Waals surface area contributed by atoms with Crippen LogP contribution in [0.5, 0.6) is 0 Å². The van der Waals surface area contributed by atoms with E-state index in [1.165, 1.54) is 19.3 Å². The van der Waals surface area contributed by atoms with Gasteiger partial charge in [0, 0.05) is 6.20 Å². The number of hydrogen-bond acceptors (Lipinski definition) is 2. The van der Waals surface area contributed by atoms with Crippen LogP contribution in [0.2, 0.25) is 0 Å². The van der Waals surface area contributed by atoms with Gasteiger partial charge in [-0.05, 0) is 33.1 Å². The van der Waals surface area contributed by atoms with Crippen molar-refractivity contribution in [3.63, 3.8) is 0 Å². The van der Waals surface area contributed by atoms with Crippen LogP contribution in [0.25, 0.3) is 0 Å². The molecule has 3 nitrogen and oxygen atoms in total. The summed E-state index contributed by atoms with van der Waals surface area (Å²) in [5, 5.41) is 10.5. The highest BCUT2D eigenvalue weighted by molar-refractivity contribution is 5.09. The first-order valence-electron chi connectivity index (χ1n) is 7.40. The Morgan fingerprint density at radius 2 is 1.79 bits per heavy atom. The Kier molecular flexibility index (Phi) is 10.4. The quantitative estimate of drug-likeness (QED) is 0.714. The molecule has 0 aliphatic rings. The minimum Gasteiger partial charge on any atom is -0.258 e. The molecule has 0 saturated heterocycles. The second-order valence-electron chi connectivity index (χ2n) is 5.12. The monoisotopic (exact) mass is 265 g/mol. The van der Waals surface area contributed by atoms with Gasteiger partial charge < -0.3 is 0 Å². The SMILES string of the molecule is CCCCCC(CC)C[O].Cc1cnc(C)c(C)n1. The standard InChI is InChI=1S/C9H19O.C7H10N2/c1-3-5-6-7-9(4-2)8-10;1-5-4-8-6(2)7(3)9-5/h9H,3-8H2,1-2H3;4H,1-3H3. The van der Waals surface area contributed by atoms with Crippen molar-refractivity contribution in [3.8, 4) is 0 Å². The molecule has 1 unspecified atom stereocenters. The van der Waals surface area contributed by atoms with E-state index in [2.05, 4.69) is 23.8 Å². The minimum absolute atomic E-state index is 0.125. The first kappa shape index (κ1) is 18.0. The summed E-state index contributed by atoms with van der Waals surface area (Å²) in [7, 11) is 0. The third kappa shape index (κ3) is 8.71. The normalized spacial score (nSPS) is 11.7. The lowest BCUT2D eigenvalue weighted by Crippen LogP contribution is -2.02. The van der Waals surface area contributed by atoms with Gasteiger partial charge in [-0.2, -0.15) is 0 Å². The molecule has 0 amide bonds. The van der Waals surface area contributed by atoms with E-state index < -0.39 is 0 Å². The number of unbranched alkanes of at least 4 members (excludes halogenated alkanes) is 2. The van der Waals surface area contributed by atoms with Crippen LogP contribution in [0.1, 0.15) is 63.0 Å². The van der Waals surface area contributed by atoms with Crippen LogP contribution in [0.4, 0.5) is 0 Å². The number of hydrogen-bond donors (Lipinski definition) is 0. The van der Waals surface area contributed by atoms with Crippen LogP contribution in [0.15, 0.2) is 6.20 Å². The lowest BCUT2D eigenvalue weighted by Gasteiger charge is -2.08. The van der Waals surface area contributed by atoms with Crippen molar-refractivity contribution in [1.82, 2.24) is 9.97 Å². The molecule has 1 radical (unpaired) electrons. The molecule has 1 aromatic rings. The maximum Gasteiger partial charge on any atom is 0.0850 e. The Morgan fingerprint density at radius 3 is 2.21 bits per heavy atom. The summed E-state index contributed by atoms with van der Waals surface area (Å²) in [4.78, 5) is 8.33. The second-order valence-corrected chi connectivity index (χ2v) is 5.12. The van der Waals surface area contributed by atoms with Crippen molar-refractivity contribution in [2.45, 2.75) is 66.7 Å².